The van der Waals surface area contributed by atoms with Crippen molar-refractivity contribution in [2.75, 3.05) is 6.54 Å². The monoisotopic (exact) mass is 316 g/mol. The van der Waals surface area contributed by atoms with Crippen LogP contribution < -0.4 is 10.5 Å². The molecule has 0 saturated heterocycles. The number of sulfonamides is 1. The number of hydrogen-bond acceptors (Lipinski definition) is 4. The van der Waals surface area contributed by atoms with E-state index in [2.05, 4.69) is 9.82 Å². The van der Waals surface area contributed by atoms with Gasteiger partial charge in [0.25, 0.3) is 0 Å². The van der Waals surface area contributed by atoms with E-state index in [0.29, 0.717) is 0 Å². The smallest absolute Gasteiger partial charge is 0.243 e. The van der Waals surface area contributed by atoms with Crippen LogP contribution in [0.1, 0.15) is 11.6 Å². The molecule has 1 aromatic carbocycles. The summed E-state index contributed by atoms with van der Waals surface area (Å²) in [6.07, 6.45) is 2.74. The number of nitrogens with two attached hydrogens (primary N) is 1. The Labute approximate surface area is 124 Å². The van der Waals surface area contributed by atoms with Gasteiger partial charge in [0.2, 0.25) is 10.0 Å². The zero-order valence-electron chi connectivity index (χ0n) is 10.9. The van der Waals surface area contributed by atoms with Gasteiger partial charge in [-0.15, -0.1) is 12.4 Å². The number of hydrogen-bond donors (Lipinski definition) is 2. The van der Waals surface area contributed by atoms with Crippen LogP contribution >= 0.6 is 12.4 Å². The van der Waals surface area contributed by atoms with E-state index in [4.69, 9.17) is 5.73 Å². The minimum atomic E-state index is -3.56. The van der Waals surface area contributed by atoms with E-state index in [9.17, 15) is 8.42 Å². The molecule has 0 aliphatic carbocycles. The van der Waals surface area contributed by atoms with Crippen molar-refractivity contribution < 1.29 is 8.42 Å². The molecule has 1 unspecified atom stereocenters. The van der Waals surface area contributed by atoms with Gasteiger partial charge in [0.1, 0.15) is 4.90 Å². The van der Waals surface area contributed by atoms with Crippen molar-refractivity contribution >= 4 is 22.4 Å². The number of rotatable bonds is 5. The summed E-state index contributed by atoms with van der Waals surface area (Å²) in [5.74, 6) is 0. The molecule has 2 aromatic rings. The van der Waals surface area contributed by atoms with E-state index in [-0.39, 0.29) is 29.9 Å². The standard InChI is InChI=1S/C12H16N4O2S.ClH/c1-16-9-11(7-14-16)19(17,18)15-8-12(13)10-5-3-2-4-6-10;/h2-7,9,12,15H,8,13H2,1H3;1H. The molecule has 0 radical (unpaired) electrons. The van der Waals surface area contributed by atoms with E-state index >= 15 is 0 Å². The van der Waals surface area contributed by atoms with Crippen LogP contribution in [0.3, 0.4) is 0 Å². The molecule has 1 aromatic heterocycles. The molecule has 0 fully saturated rings. The van der Waals surface area contributed by atoms with Gasteiger partial charge in [0, 0.05) is 25.8 Å². The molecule has 6 nitrogen and oxygen atoms in total. The predicted molar refractivity (Wildman–Crippen MR) is 79.0 cm³/mol. The average Bonchev–Trinajstić information content (AvgIpc) is 2.85. The summed E-state index contributed by atoms with van der Waals surface area (Å²) in [6.45, 7) is 0.140. The fourth-order valence-electron chi connectivity index (χ4n) is 1.64. The summed E-state index contributed by atoms with van der Waals surface area (Å²) in [5, 5.41) is 3.83. The summed E-state index contributed by atoms with van der Waals surface area (Å²) in [4.78, 5) is 0.135. The SMILES string of the molecule is Cl.Cn1cc(S(=O)(=O)NCC(N)c2ccccc2)cn1. The number of nitrogens with one attached hydrogen (secondary N) is 1. The van der Waals surface area contributed by atoms with Crippen LogP contribution in [-0.4, -0.2) is 24.7 Å². The molecule has 0 bridgehead atoms. The molecule has 3 N–H and O–H groups in total. The number of benzene rings is 1. The molecule has 0 aliphatic rings. The Balaban J connectivity index is 0.00000200. The first-order chi connectivity index (χ1) is 8.99. The summed E-state index contributed by atoms with van der Waals surface area (Å²) in [5.41, 5.74) is 6.82. The van der Waals surface area contributed by atoms with Crippen molar-refractivity contribution in [1.82, 2.24) is 14.5 Å². The molecule has 1 atom stereocenters. The highest BCUT2D eigenvalue weighted by Gasteiger charge is 2.17. The lowest BCUT2D eigenvalue weighted by Gasteiger charge is -2.12. The average molecular weight is 317 g/mol. The highest BCUT2D eigenvalue weighted by Crippen LogP contribution is 2.10. The van der Waals surface area contributed by atoms with E-state index < -0.39 is 10.0 Å². The Morgan fingerprint density at radius 2 is 2.00 bits per heavy atom. The van der Waals surface area contributed by atoms with Gasteiger partial charge in [-0.3, -0.25) is 4.68 Å². The van der Waals surface area contributed by atoms with Crippen molar-refractivity contribution in [1.29, 1.82) is 0 Å². The first kappa shape index (κ1) is 16.6. The van der Waals surface area contributed by atoms with Crippen molar-refractivity contribution in [2.24, 2.45) is 12.8 Å². The minimum Gasteiger partial charge on any atom is -0.323 e. The van der Waals surface area contributed by atoms with Gasteiger partial charge in [0.15, 0.2) is 0 Å². The minimum absolute atomic E-state index is 0. The Morgan fingerprint density at radius 3 is 2.55 bits per heavy atom. The lowest BCUT2D eigenvalue weighted by atomic mass is 10.1. The van der Waals surface area contributed by atoms with E-state index in [1.54, 1.807) is 7.05 Å². The van der Waals surface area contributed by atoms with Crippen LogP contribution in [0.15, 0.2) is 47.6 Å². The van der Waals surface area contributed by atoms with Crippen LogP contribution in [-0.2, 0) is 17.1 Å². The van der Waals surface area contributed by atoms with Gasteiger partial charge >= 0.3 is 0 Å². The second-order valence-corrected chi connectivity index (χ2v) is 5.99. The third kappa shape index (κ3) is 4.04. The molecular weight excluding hydrogens is 300 g/mol. The van der Waals surface area contributed by atoms with Crippen LogP contribution in [0.2, 0.25) is 0 Å². The van der Waals surface area contributed by atoms with E-state index in [1.165, 1.54) is 17.1 Å². The molecule has 110 valence electrons. The van der Waals surface area contributed by atoms with Crippen molar-refractivity contribution in [3.05, 3.63) is 48.3 Å². The van der Waals surface area contributed by atoms with Gasteiger partial charge in [0.05, 0.1) is 6.20 Å². The van der Waals surface area contributed by atoms with Gasteiger partial charge in [-0.2, -0.15) is 5.10 Å². The predicted octanol–water partition coefficient (Wildman–Crippen LogP) is 0.820. The normalized spacial score (nSPS) is 12.7. The first-order valence-corrected chi connectivity index (χ1v) is 7.26. The third-order valence-corrected chi connectivity index (χ3v) is 4.09. The molecule has 1 heterocycles. The quantitative estimate of drug-likeness (QED) is 0.854. The van der Waals surface area contributed by atoms with Gasteiger partial charge in [-0.1, -0.05) is 30.3 Å². The van der Waals surface area contributed by atoms with Crippen molar-refractivity contribution in [2.45, 2.75) is 10.9 Å². The number of halogens is 1. The summed E-state index contributed by atoms with van der Waals surface area (Å²) in [7, 11) is -1.89. The summed E-state index contributed by atoms with van der Waals surface area (Å²) < 4.78 is 27.8. The maximum absolute atomic E-state index is 12.0. The molecule has 0 aliphatic heterocycles. The first-order valence-electron chi connectivity index (χ1n) is 5.78. The number of aryl methyl sites for hydroxylation is 1. The van der Waals surface area contributed by atoms with Crippen LogP contribution in [0.5, 0.6) is 0 Å². The van der Waals surface area contributed by atoms with Crippen LogP contribution in [0.4, 0.5) is 0 Å². The lowest BCUT2D eigenvalue weighted by molar-refractivity contribution is 0.572. The molecule has 2 rings (SSSR count). The number of aromatic nitrogens is 2. The molecule has 0 spiro atoms. The van der Waals surface area contributed by atoms with Gasteiger partial charge < -0.3 is 5.73 Å². The molecule has 8 heteroatoms. The Bertz CT molecular complexity index is 642. The molecule has 20 heavy (non-hydrogen) atoms. The Morgan fingerprint density at radius 1 is 1.35 bits per heavy atom. The zero-order valence-corrected chi connectivity index (χ0v) is 12.6. The number of nitrogens with zero attached hydrogens (tertiary/aromatic N) is 2. The molecule has 0 amide bonds. The summed E-state index contributed by atoms with van der Waals surface area (Å²) in [6, 6.07) is 8.96. The van der Waals surface area contributed by atoms with E-state index in [1.807, 2.05) is 30.3 Å². The third-order valence-electron chi connectivity index (χ3n) is 2.71. The highest BCUT2D eigenvalue weighted by molar-refractivity contribution is 7.89. The zero-order chi connectivity index (χ0) is 13.9. The van der Waals surface area contributed by atoms with E-state index in [0.717, 1.165) is 5.56 Å². The van der Waals surface area contributed by atoms with Crippen LogP contribution in [0.25, 0.3) is 0 Å². The van der Waals surface area contributed by atoms with Crippen molar-refractivity contribution in [3.8, 4) is 0 Å². The Kier molecular flexibility index (Phi) is 5.70. The fraction of sp³-hybridized carbons (Fsp3) is 0.250. The van der Waals surface area contributed by atoms with Gasteiger partial charge in [-0.25, -0.2) is 13.1 Å². The lowest BCUT2D eigenvalue weighted by Crippen LogP contribution is -2.31. The maximum Gasteiger partial charge on any atom is 0.243 e. The Hall–Kier alpha value is -1.41. The largest absolute Gasteiger partial charge is 0.323 e. The van der Waals surface area contributed by atoms with Crippen LogP contribution in [0, 0.1) is 0 Å². The maximum atomic E-state index is 12.0. The fourth-order valence-corrected chi connectivity index (χ4v) is 2.68. The summed E-state index contributed by atoms with van der Waals surface area (Å²) >= 11 is 0. The molecular formula is C12H17ClN4O2S. The highest BCUT2D eigenvalue weighted by atomic mass is 35.5. The van der Waals surface area contributed by atoms with Gasteiger partial charge in [-0.05, 0) is 5.56 Å². The molecule has 0 saturated carbocycles. The topological polar surface area (TPSA) is 90.0 Å². The second-order valence-electron chi connectivity index (χ2n) is 4.22. The second kappa shape index (κ2) is 6.85. The van der Waals surface area contributed by atoms with Crippen molar-refractivity contribution in [3.63, 3.8) is 0 Å².